The smallest absolute Gasteiger partial charge is 0.338 e. The number of rotatable bonds is 5. The third-order valence-corrected chi connectivity index (χ3v) is 1.94. The van der Waals surface area contributed by atoms with Crippen molar-refractivity contribution < 1.29 is 24.1 Å². The molecule has 0 radical (unpaired) electrons. The maximum atomic E-state index is 11.5. The zero-order valence-corrected chi connectivity index (χ0v) is 9.23. The van der Waals surface area contributed by atoms with Crippen LogP contribution in [-0.2, 0) is 9.47 Å². The van der Waals surface area contributed by atoms with Crippen molar-refractivity contribution in [2.24, 2.45) is 0 Å². The lowest BCUT2D eigenvalue weighted by Crippen LogP contribution is -2.09. The molecular formula is C11H14O5. The van der Waals surface area contributed by atoms with Gasteiger partial charge in [-0.1, -0.05) is 0 Å². The number of phenols is 1. The van der Waals surface area contributed by atoms with Crippen molar-refractivity contribution in [3.63, 3.8) is 0 Å². The molecule has 88 valence electrons. The summed E-state index contributed by atoms with van der Waals surface area (Å²) in [5.74, 6) is -0.257. The molecule has 1 rings (SSSR count). The van der Waals surface area contributed by atoms with Crippen molar-refractivity contribution in [3.05, 3.63) is 23.8 Å². The van der Waals surface area contributed by atoms with E-state index in [-0.39, 0.29) is 18.1 Å². The van der Waals surface area contributed by atoms with Gasteiger partial charge in [-0.05, 0) is 18.2 Å². The Morgan fingerprint density at radius 1 is 1.31 bits per heavy atom. The lowest BCUT2D eigenvalue weighted by molar-refractivity contribution is 0.0387. The molecule has 0 aliphatic carbocycles. The second-order valence-electron chi connectivity index (χ2n) is 3.02. The average molecular weight is 226 g/mol. The molecule has 1 N–H and O–H groups in total. The molecule has 0 spiro atoms. The largest absolute Gasteiger partial charge is 0.504 e. The van der Waals surface area contributed by atoms with Crippen LogP contribution in [-0.4, -0.2) is 38.5 Å². The van der Waals surface area contributed by atoms with Crippen molar-refractivity contribution in [1.82, 2.24) is 0 Å². The summed E-state index contributed by atoms with van der Waals surface area (Å²) in [7, 11) is 2.94. The van der Waals surface area contributed by atoms with E-state index in [9.17, 15) is 9.90 Å². The number of carbonyl (C=O) groups is 1. The summed E-state index contributed by atoms with van der Waals surface area (Å²) in [6.45, 7) is 0.541. The predicted octanol–water partition coefficient (Wildman–Crippen LogP) is 1.20. The minimum atomic E-state index is -0.477. The summed E-state index contributed by atoms with van der Waals surface area (Å²) in [6, 6.07) is 4.27. The van der Waals surface area contributed by atoms with Gasteiger partial charge in [-0.3, -0.25) is 0 Å². The lowest BCUT2D eigenvalue weighted by atomic mass is 10.2. The van der Waals surface area contributed by atoms with Gasteiger partial charge in [0.05, 0.1) is 19.3 Å². The van der Waals surface area contributed by atoms with E-state index >= 15 is 0 Å². The Bertz CT molecular complexity index is 361. The first kappa shape index (κ1) is 12.3. The SMILES string of the molecule is COCCOC(=O)c1ccc(O)c(OC)c1. The number of ether oxygens (including phenoxy) is 3. The van der Waals surface area contributed by atoms with Crippen molar-refractivity contribution in [3.8, 4) is 11.5 Å². The molecule has 5 heteroatoms. The van der Waals surface area contributed by atoms with Crippen LogP contribution in [0.1, 0.15) is 10.4 Å². The molecule has 0 unspecified atom stereocenters. The predicted molar refractivity (Wildman–Crippen MR) is 56.8 cm³/mol. The van der Waals surface area contributed by atoms with Gasteiger partial charge in [-0.2, -0.15) is 0 Å². The van der Waals surface area contributed by atoms with E-state index in [1.807, 2.05) is 0 Å². The molecule has 0 aliphatic rings. The van der Waals surface area contributed by atoms with Crippen LogP contribution in [0, 0.1) is 0 Å². The van der Waals surface area contributed by atoms with Crippen LogP contribution >= 0.6 is 0 Å². The van der Waals surface area contributed by atoms with Gasteiger partial charge in [0.25, 0.3) is 0 Å². The Kier molecular flexibility index (Phi) is 4.60. The minimum Gasteiger partial charge on any atom is -0.504 e. The van der Waals surface area contributed by atoms with Gasteiger partial charge in [-0.25, -0.2) is 4.79 Å². The van der Waals surface area contributed by atoms with E-state index in [0.717, 1.165) is 0 Å². The summed E-state index contributed by atoms with van der Waals surface area (Å²) < 4.78 is 14.5. The van der Waals surface area contributed by atoms with E-state index in [4.69, 9.17) is 14.2 Å². The monoisotopic (exact) mass is 226 g/mol. The number of carbonyl (C=O) groups excluding carboxylic acids is 1. The molecule has 0 amide bonds. The van der Waals surface area contributed by atoms with Crippen molar-refractivity contribution >= 4 is 5.97 Å². The number of esters is 1. The molecule has 1 aromatic carbocycles. The highest BCUT2D eigenvalue weighted by Crippen LogP contribution is 2.26. The van der Waals surface area contributed by atoms with Crippen LogP contribution in [0.25, 0.3) is 0 Å². The third kappa shape index (κ3) is 3.13. The van der Waals surface area contributed by atoms with E-state index in [2.05, 4.69) is 0 Å². The standard InChI is InChI=1S/C11H14O5/c1-14-5-6-16-11(13)8-3-4-9(12)10(7-8)15-2/h3-4,7,12H,5-6H2,1-2H3. The van der Waals surface area contributed by atoms with E-state index in [0.29, 0.717) is 12.2 Å². The molecular weight excluding hydrogens is 212 g/mol. The van der Waals surface area contributed by atoms with E-state index in [1.165, 1.54) is 32.4 Å². The van der Waals surface area contributed by atoms with E-state index < -0.39 is 5.97 Å². The third-order valence-electron chi connectivity index (χ3n) is 1.94. The Balaban J connectivity index is 2.68. The first-order valence-corrected chi connectivity index (χ1v) is 4.72. The first-order chi connectivity index (χ1) is 7.69. The molecule has 0 aromatic heterocycles. The minimum absolute atomic E-state index is 0.0176. The summed E-state index contributed by atoms with van der Waals surface area (Å²) >= 11 is 0. The van der Waals surface area contributed by atoms with Gasteiger partial charge >= 0.3 is 5.97 Å². The number of benzene rings is 1. The van der Waals surface area contributed by atoms with E-state index in [1.54, 1.807) is 0 Å². The van der Waals surface area contributed by atoms with Gasteiger partial charge in [0, 0.05) is 7.11 Å². The Morgan fingerprint density at radius 2 is 2.06 bits per heavy atom. The molecule has 0 heterocycles. The fraction of sp³-hybridized carbons (Fsp3) is 0.364. The first-order valence-electron chi connectivity index (χ1n) is 4.72. The summed E-state index contributed by atoms with van der Waals surface area (Å²) in [4.78, 5) is 11.5. The Labute approximate surface area is 93.6 Å². The molecule has 0 saturated heterocycles. The van der Waals surface area contributed by atoms with Crippen LogP contribution < -0.4 is 4.74 Å². The van der Waals surface area contributed by atoms with Crippen LogP contribution in [0.15, 0.2) is 18.2 Å². The maximum Gasteiger partial charge on any atom is 0.338 e. The van der Waals surface area contributed by atoms with Crippen LogP contribution in [0.3, 0.4) is 0 Å². The maximum absolute atomic E-state index is 11.5. The van der Waals surface area contributed by atoms with Crippen molar-refractivity contribution in [2.45, 2.75) is 0 Å². The Hall–Kier alpha value is -1.75. The average Bonchev–Trinajstić information content (AvgIpc) is 2.30. The highest BCUT2D eigenvalue weighted by molar-refractivity contribution is 5.90. The fourth-order valence-electron chi connectivity index (χ4n) is 1.11. The van der Waals surface area contributed by atoms with Gasteiger partial charge in [-0.15, -0.1) is 0 Å². The summed E-state index contributed by atoms with van der Waals surface area (Å²) in [5.41, 5.74) is 0.325. The van der Waals surface area contributed by atoms with Crippen LogP contribution in [0.4, 0.5) is 0 Å². The molecule has 5 nitrogen and oxygen atoms in total. The molecule has 16 heavy (non-hydrogen) atoms. The molecule has 0 saturated carbocycles. The fourth-order valence-corrected chi connectivity index (χ4v) is 1.11. The molecule has 0 bridgehead atoms. The quantitative estimate of drug-likeness (QED) is 0.603. The van der Waals surface area contributed by atoms with Gasteiger partial charge in [0.2, 0.25) is 0 Å². The highest BCUT2D eigenvalue weighted by Gasteiger charge is 2.10. The molecule has 0 atom stereocenters. The topological polar surface area (TPSA) is 65.0 Å². The van der Waals surface area contributed by atoms with Gasteiger partial charge in [0.1, 0.15) is 6.61 Å². The zero-order chi connectivity index (χ0) is 12.0. The number of aromatic hydroxyl groups is 1. The lowest BCUT2D eigenvalue weighted by Gasteiger charge is -2.07. The van der Waals surface area contributed by atoms with Crippen molar-refractivity contribution in [2.75, 3.05) is 27.4 Å². The summed E-state index contributed by atoms with van der Waals surface area (Å²) in [5, 5.41) is 9.33. The number of hydrogen-bond donors (Lipinski definition) is 1. The van der Waals surface area contributed by atoms with Gasteiger partial charge < -0.3 is 19.3 Å². The molecule has 0 fully saturated rings. The second kappa shape index (κ2) is 5.97. The Morgan fingerprint density at radius 3 is 2.69 bits per heavy atom. The summed E-state index contributed by atoms with van der Waals surface area (Å²) in [6.07, 6.45) is 0. The highest BCUT2D eigenvalue weighted by atomic mass is 16.6. The molecule has 0 aliphatic heterocycles. The number of phenolic OH excluding ortho intramolecular Hbond substituents is 1. The molecule has 1 aromatic rings. The van der Waals surface area contributed by atoms with Gasteiger partial charge in [0.15, 0.2) is 11.5 Å². The van der Waals surface area contributed by atoms with Crippen LogP contribution in [0.5, 0.6) is 11.5 Å². The number of hydrogen-bond acceptors (Lipinski definition) is 5. The number of methoxy groups -OCH3 is 2. The second-order valence-corrected chi connectivity index (χ2v) is 3.02. The van der Waals surface area contributed by atoms with Crippen LogP contribution in [0.2, 0.25) is 0 Å². The normalized spacial score (nSPS) is 9.88. The van der Waals surface area contributed by atoms with Crippen molar-refractivity contribution in [1.29, 1.82) is 0 Å². The zero-order valence-electron chi connectivity index (χ0n) is 9.23.